The number of H-pyrrole nitrogens is 1. The Morgan fingerprint density at radius 1 is 1.22 bits per heavy atom. The van der Waals surface area contributed by atoms with Crippen LogP contribution in [0.1, 0.15) is 46.0 Å². The lowest BCUT2D eigenvalue weighted by molar-refractivity contribution is 0.395. The van der Waals surface area contributed by atoms with Gasteiger partial charge >= 0.3 is 0 Å². The maximum Gasteiger partial charge on any atom is 0.0954 e. The molecule has 0 radical (unpaired) electrons. The van der Waals surface area contributed by atoms with Crippen LogP contribution in [0.4, 0.5) is 0 Å². The third kappa shape index (κ3) is 2.66. The molecule has 2 rings (SSSR count). The van der Waals surface area contributed by atoms with Crippen molar-refractivity contribution in [3.63, 3.8) is 0 Å². The van der Waals surface area contributed by atoms with Gasteiger partial charge in [0.05, 0.1) is 12.0 Å². The molecule has 0 unspecified atom stereocenters. The van der Waals surface area contributed by atoms with E-state index in [0.29, 0.717) is 0 Å². The smallest absolute Gasteiger partial charge is 0.0954 e. The van der Waals surface area contributed by atoms with Gasteiger partial charge in [0.25, 0.3) is 0 Å². The van der Waals surface area contributed by atoms with Gasteiger partial charge in [-0.1, -0.05) is 13.8 Å². The van der Waals surface area contributed by atoms with E-state index in [9.17, 15) is 0 Å². The summed E-state index contributed by atoms with van der Waals surface area (Å²) in [6.45, 7) is 11.1. The Labute approximate surface area is 109 Å². The minimum atomic E-state index is 0.0839. The summed E-state index contributed by atoms with van der Waals surface area (Å²) in [5.74, 6) is 0. The van der Waals surface area contributed by atoms with Crippen molar-refractivity contribution < 1.29 is 0 Å². The van der Waals surface area contributed by atoms with Crippen molar-refractivity contribution in [2.24, 2.45) is 0 Å². The average Bonchev–Trinajstić information content (AvgIpc) is 2.83. The molecule has 3 nitrogen and oxygen atoms in total. The van der Waals surface area contributed by atoms with Gasteiger partial charge in [-0.25, -0.2) is 4.98 Å². The van der Waals surface area contributed by atoms with Crippen molar-refractivity contribution >= 4 is 0 Å². The number of hydrogen-bond donors (Lipinski definition) is 1. The first-order chi connectivity index (χ1) is 8.29. The SMILES string of the molecule is CC(C)(Cc1cn(C(C)(C)C)cn1)c1ccc[nH]1. The summed E-state index contributed by atoms with van der Waals surface area (Å²) in [6, 6.07) is 4.19. The van der Waals surface area contributed by atoms with E-state index in [1.54, 1.807) is 0 Å². The molecule has 0 bridgehead atoms. The zero-order valence-corrected chi connectivity index (χ0v) is 12.0. The van der Waals surface area contributed by atoms with E-state index in [4.69, 9.17) is 0 Å². The van der Waals surface area contributed by atoms with Crippen molar-refractivity contribution in [1.82, 2.24) is 14.5 Å². The summed E-state index contributed by atoms with van der Waals surface area (Å²) in [5, 5.41) is 0. The van der Waals surface area contributed by atoms with Crippen LogP contribution in [0.2, 0.25) is 0 Å². The molecular weight excluding hydrogens is 222 g/mol. The van der Waals surface area contributed by atoms with E-state index in [0.717, 1.165) is 12.1 Å². The minimum absolute atomic E-state index is 0.0839. The van der Waals surface area contributed by atoms with Crippen LogP contribution in [-0.4, -0.2) is 14.5 Å². The number of nitrogens with zero attached hydrogens (tertiary/aromatic N) is 2. The standard InChI is InChI=1S/C15H23N3/c1-14(2,3)18-10-12(17-11-18)9-15(4,5)13-7-6-8-16-13/h6-8,10-11,16H,9H2,1-5H3. The fraction of sp³-hybridized carbons (Fsp3) is 0.533. The Morgan fingerprint density at radius 2 is 1.94 bits per heavy atom. The molecule has 0 aliphatic carbocycles. The zero-order valence-electron chi connectivity index (χ0n) is 12.0. The van der Waals surface area contributed by atoms with Gasteiger partial charge in [-0.15, -0.1) is 0 Å². The quantitative estimate of drug-likeness (QED) is 0.882. The first-order valence-electron chi connectivity index (χ1n) is 6.46. The molecule has 2 heterocycles. The highest BCUT2D eigenvalue weighted by Crippen LogP contribution is 2.26. The summed E-state index contributed by atoms with van der Waals surface area (Å²) in [7, 11) is 0. The Bertz CT molecular complexity index is 498. The maximum atomic E-state index is 4.53. The number of aromatic nitrogens is 3. The molecule has 0 atom stereocenters. The molecule has 0 amide bonds. The molecule has 0 aliphatic rings. The van der Waals surface area contributed by atoms with Gasteiger partial charge in [-0.3, -0.25) is 0 Å². The Balaban J connectivity index is 2.17. The van der Waals surface area contributed by atoms with E-state index in [1.165, 1.54) is 5.69 Å². The maximum absolute atomic E-state index is 4.53. The number of imidazole rings is 1. The fourth-order valence-electron chi connectivity index (χ4n) is 2.12. The van der Waals surface area contributed by atoms with Gasteiger partial charge in [0, 0.05) is 35.5 Å². The molecule has 0 aromatic carbocycles. The van der Waals surface area contributed by atoms with E-state index in [-0.39, 0.29) is 11.0 Å². The van der Waals surface area contributed by atoms with Crippen LogP contribution in [0.3, 0.4) is 0 Å². The average molecular weight is 245 g/mol. The Hall–Kier alpha value is -1.51. The molecule has 3 heteroatoms. The largest absolute Gasteiger partial charge is 0.365 e. The van der Waals surface area contributed by atoms with E-state index in [1.807, 2.05) is 18.6 Å². The summed E-state index contributed by atoms with van der Waals surface area (Å²) in [6.07, 6.45) is 7.01. The summed E-state index contributed by atoms with van der Waals surface area (Å²) in [4.78, 5) is 7.83. The highest BCUT2D eigenvalue weighted by Gasteiger charge is 2.24. The van der Waals surface area contributed by atoms with E-state index < -0.39 is 0 Å². The van der Waals surface area contributed by atoms with Crippen molar-refractivity contribution in [1.29, 1.82) is 0 Å². The molecule has 2 aromatic rings. The molecule has 0 aliphatic heterocycles. The molecule has 98 valence electrons. The third-order valence-electron chi connectivity index (χ3n) is 3.36. The van der Waals surface area contributed by atoms with Crippen LogP contribution in [0.5, 0.6) is 0 Å². The zero-order chi connectivity index (χ0) is 13.4. The van der Waals surface area contributed by atoms with Crippen molar-refractivity contribution in [3.05, 3.63) is 42.2 Å². The fourth-order valence-corrected chi connectivity index (χ4v) is 2.12. The van der Waals surface area contributed by atoms with E-state index >= 15 is 0 Å². The van der Waals surface area contributed by atoms with Crippen LogP contribution in [0.15, 0.2) is 30.9 Å². The lowest BCUT2D eigenvalue weighted by Gasteiger charge is -2.23. The Morgan fingerprint density at radius 3 is 2.44 bits per heavy atom. The second-order valence-electron chi connectivity index (χ2n) is 6.59. The highest BCUT2D eigenvalue weighted by atomic mass is 15.1. The first-order valence-corrected chi connectivity index (χ1v) is 6.46. The van der Waals surface area contributed by atoms with Crippen LogP contribution in [-0.2, 0) is 17.4 Å². The normalized spacial score (nSPS) is 12.9. The van der Waals surface area contributed by atoms with Gasteiger partial charge in [0.1, 0.15) is 0 Å². The third-order valence-corrected chi connectivity index (χ3v) is 3.36. The van der Waals surface area contributed by atoms with Gasteiger partial charge in [0.15, 0.2) is 0 Å². The number of aromatic amines is 1. The molecule has 0 spiro atoms. The second-order valence-corrected chi connectivity index (χ2v) is 6.59. The summed E-state index contributed by atoms with van der Waals surface area (Å²) >= 11 is 0. The number of hydrogen-bond acceptors (Lipinski definition) is 1. The van der Waals surface area contributed by atoms with E-state index in [2.05, 4.69) is 61.4 Å². The lowest BCUT2D eigenvalue weighted by Crippen LogP contribution is -2.22. The lowest BCUT2D eigenvalue weighted by atomic mass is 9.84. The molecule has 1 N–H and O–H groups in total. The van der Waals surface area contributed by atoms with Crippen molar-refractivity contribution in [3.8, 4) is 0 Å². The molecule has 0 saturated heterocycles. The van der Waals surface area contributed by atoms with Crippen LogP contribution >= 0.6 is 0 Å². The topological polar surface area (TPSA) is 33.6 Å². The van der Waals surface area contributed by atoms with Crippen LogP contribution in [0, 0.1) is 0 Å². The number of rotatable bonds is 3. The monoisotopic (exact) mass is 245 g/mol. The van der Waals surface area contributed by atoms with Crippen LogP contribution < -0.4 is 0 Å². The van der Waals surface area contributed by atoms with Gasteiger partial charge in [-0.2, -0.15) is 0 Å². The van der Waals surface area contributed by atoms with Crippen LogP contribution in [0.25, 0.3) is 0 Å². The van der Waals surface area contributed by atoms with Gasteiger partial charge < -0.3 is 9.55 Å². The molecule has 0 saturated carbocycles. The molecule has 2 aromatic heterocycles. The van der Waals surface area contributed by atoms with Crippen molar-refractivity contribution in [2.75, 3.05) is 0 Å². The predicted molar refractivity (Wildman–Crippen MR) is 74.7 cm³/mol. The van der Waals surface area contributed by atoms with Gasteiger partial charge in [0.2, 0.25) is 0 Å². The highest BCUT2D eigenvalue weighted by molar-refractivity contribution is 5.18. The predicted octanol–water partition coefficient (Wildman–Crippen LogP) is 3.49. The first kappa shape index (κ1) is 12.9. The number of nitrogens with one attached hydrogen (secondary N) is 1. The Kier molecular flexibility index (Phi) is 3.09. The second kappa shape index (κ2) is 4.30. The summed E-state index contributed by atoms with van der Waals surface area (Å²) in [5.41, 5.74) is 2.58. The summed E-state index contributed by atoms with van der Waals surface area (Å²) < 4.78 is 2.17. The minimum Gasteiger partial charge on any atom is -0.365 e. The molecule has 0 fully saturated rings. The molecular formula is C15H23N3. The van der Waals surface area contributed by atoms with Gasteiger partial charge in [-0.05, 0) is 32.9 Å². The van der Waals surface area contributed by atoms with Crippen molar-refractivity contribution in [2.45, 2.75) is 52.0 Å². The molecule has 18 heavy (non-hydrogen) atoms.